The number of anilines is 1. The van der Waals surface area contributed by atoms with Crippen molar-refractivity contribution in [3.63, 3.8) is 0 Å². The van der Waals surface area contributed by atoms with Gasteiger partial charge >= 0.3 is 0 Å². The summed E-state index contributed by atoms with van der Waals surface area (Å²) >= 11 is 3.29. The second-order valence-corrected chi connectivity index (χ2v) is 3.55. The first-order valence-electron chi connectivity index (χ1n) is 3.86. The number of halogens is 1. The predicted octanol–water partition coefficient (Wildman–Crippen LogP) is 2.64. The third-order valence-electron chi connectivity index (χ3n) is 1.98. The average molecular weight is 216 g/mol. The fraction of sp³-hybridized carbons (Fsp3) is 0.500. The highest BCUT2D eigenvalue weighted by atomic mass is 79.9. The van der Waals surface area contributed by atoms with E-state index in [2.05, 4.69) is 20.8 Å². The monoisotopic (exact) mass is 215 g/mol. The first kappa shape index (κ1) is 7.22. The van der Waals surface area contributed by atoms with Crippen molar-refractivity contribution in [2.75, 3.05) is 18.0 Å². The molecule has 1 aromatic heterocycles. The molecule has 0 bridgehead atoms. The normalized spacial score (nSPS) is 17.7. The Bertz CT molecular complexity index is 240. The Hall–Kier alpha value is -0.440. The minimum Gasteiger partial charge on any atom is -0.434 e. The molecule has 1 fully saturated rings. The predicted molar refractivity (Wildman–Crippen MR) is 47.9 cm³/mol. The molecule has 2 rings (SSSR count). The lowest BCUT2D eigenvalue weighted by Crippen LogP contribution is -2.16. The maximum absolute atomic E-state index is 5.41. The Labute approximate surface area is 74.3 Å². The fourth-order valence-electron chi connectivity index (χ4n) is 1.41. The lowest BCUT2D eigenvalue weighted by Gasteiger charge is -2.12. The van der Waals surface area contributed by atoms with Gasteiger partial charge in [0, 0.05) is 19.2 Å². The van der Waals surface area contributed by atoms with E-state index in [1.165, 1.54) is 12.8 Å². The zero-order chi connectivity index (χ0) is 7.68. The van der Waals surface area contributed by atoms with Crippen LogP contribution < -0.4 is 4.90 Å². The van der Waals surface area contributed by atoms with Crippen LogP contribution in [0.4, 0.5) is 5.88 Å². The van der Waals surface area contributed by atoms with Crippen LogP contribution in [0.5, 0.6) is 0 Å². The molecule has 0 saturated carbocycles. The molecule has 0 radical (unpaired) electrons. The van der Waals surface area contributed by atoms with Crippen LogP contribution in [0, 0.1) is 0 Å². The second-order valence-electron chi connectivity index (χ2n) is 2.77. The van der Waals surface area contributed by atoms with E-state index in [0.717, 1.165) is 23.6 Å². The van der Waals surface area contributed by atoms with Crippen molar-refractivity contribution < 1.29 is 4.42 Å². The van der Waals surface area contributed by atoms with Gasteiger partial charge in [-0.15, -0.1) is 0 Å². The number of hydrogen-bond donors (Lipinski definition) is 0. The molecule has 0 unspecified atom stereocenters. The van der Waals surface area contributed by atoms with E-state index in [-0.39, 0.29) is 0 Å². The summed E-state index contributed by atoms with van der Waals surface area (Å²) in [5.41, 5.74) is 0. The topological polar surface area (TPSA) is 16.4 Å². The Balaban J connectivity index is 2.15. The third-order valence-corrected chi connectivity index (χ3v) is 2.40. The van der Waals surface area contributed by atoms with Gasteiger partial charge < -0.3 is 9.32 Å². The van der Waals surface area contributed by atoms with E-state index in [0.29, 0.717) is 0 Å². The molecule has 0 amide bonds. The third kappa shape index (κ3) is 1.43. The maximum Gasteiger partial charge on any atom is 0.196 e. The molecular weight excluding hydrogens is 206 g/mol. The molecule has 3 heteroatoms. The summed E-state index contributed by atoms with van der Waals surface area (Å²) in [6.07, 6.45) is 2.58. The van der Waals surface area contributed by atoms with E-state index >= 15 is 0 Å². The van der Waals surface area contributed by atoms with Crippen molar-refractivity contribution >= 4 is 21.8 Å². The summed E-state index contributed by atoms with van der Waals surface area (Å²) in [6, 6.07) is 3.95. The van der Waals surface area contributed by atoms with E-state index in [1.807, 2.05) is 12.1 Å². The van der Waals surface area contributed by atoms with E-state index in [1.54, 1.807) is 0 Å². The number of nitrogens with zero attached hydrogens (tertiary/aromatic N) is 1. The Morgan fingerprint density at radius 3 is 2.55 bits per heavy atom. The van der Waals surface area contributed by atoms with Crippen LogP contribution in [0.2, 0.25) is 0 Å². The summed E-state index contributed by atoms with van der Waals surface area (Å²) < 4.78 is 6.23. The Morgan fingerprint density at radius 2 is 2.00 bits per heavy atom. The minimum atomic E-state index is 0.819. The lowest BCUT2D eigenvalue weighted by molar-refractivity contribution is 0.533. The zero-order valence-electron chi connectivity index (χ0n) is 6.22. The highest BCUT2D eigenvalue weighted by Crippen LogP contribution is 2.25. The van der Waals surface area contributed by atoms with Crippen LogP contribution in [0.3, 0.4) is 0 Å². The van der Waals surface area contributed by atoms with Gasteiger partial charge in [-0.2, -0.15) is 0 Å². The van der Waals surface area contributed by atoms with Crippen molar-refractivity contribution in [1.82, 2.24) is 0 Å². The van der Waals surface area contributed by atoms with Crippen LogP contribution in [0.25, 0.3) is 0 Å². The molecule has 0 aliphatic carbocycles. The van der Waals surface area contributed by atoms with Gasteiger partial charge in [0.15, 0.2) is 10.6 Å². The Kier molecular flexibility index (Phi) is 1.90. The summed E-state index contributed by atoms with van der Waals surface area (Å²) in [7, 11) is 0. The molecule has 11 heavy (non-hydrogen) atoms. The van der Waals surface area contributed by atoms with Crippen LogP contribution in [-0.2, 0) is 0 Å². The van der Waals surface area contributed by atoms with Gasteiger partial charge in [0.05, 0.1) is 0 Å². The van der Waals surface area contributed by atoms with E-state index in [9.17, 15) is 0 Å². The standard InChI is InChI=1S/C8H10BrNO/c9-7-3-4-8(11-7)10-5-1-2-6-10/h3-4H,1-2,5-6H2. The van der Waals surface area contributed by atoms with Crippen molar-refractivity contribution in [3.05, 3.63) is 16.8 Å². The lowest BCUT2D eigenvalue weighted by atomic mass is 10.4. The summed E-state index contributed by atoms with van der Waals surface area (Å²) in [4.78, 5) is 2.27. The molecule has 0 atom stereocenters. The first-order valence-corrected chi connectivity index (χ1v) is 4.66. The summed E-state index contributed by atoms with van der Waals surface area (Å²) in [6.45, 7) is 2.28. The molecule has 0 aromatic carbocycles. The van der Waals surface area contributed by atoms with Gasteiger partial charge in [0.2, 0.25) is 0 Å². The van der Waals surface area contributed by atoms with Gasteiger partial charge in [-0.3, -0.25) is 0 Å². The number of hydrogen-bond acceptors (Lipinski definition) is 2. The molecule has 2 heterocycles. The van der Waals surface area contributed by atoms with Crippen LogP contribution >= 0.6 is 15.9 Å². The van der Waals surface area contributed by atoms with Crippen LogP contribution in [-0.4, -0.2) is 13.1 Å². The second kappa shape index (κ2) is 2.89. The molecule has 0 N–H and O–H groups in total. The molecule has 60 valence electrons. The summed E-state index contributed by atoms with van der Waals surface area (Å²) in [5, 5.41) is 0. The minimum absolute atomic E-state index is 0.819. The van der Waals surface area contributed by atoms with Gasteiger partial charge in [0.25, 0.3) is 0 Å². The van der Waals surface area contributed by atoms with Crippen molar-refractivity contribution in [3.8, 4) is 0 Å². The van der Waals surface area contributed by atoms with E-state index in [4.69, 9.17) is 4.42 Å². The quantitative estimate of drug-likeness (QED) is 0.717. The fourth-order valence-corrected chi connectivity index (χ4v) is 1.71. The van der Waals surface area contributed by atoms with Gasteiger partial charge in [-0.1, -0.05) is 0 Å². The van der Waals surface area contributed by atoms with Crippen LogP contribution in [0.15, 0.2) is 21.2 Å². The van der Waals surface area contributed by atoms with Crippen molar-refractivity contribution in [1.29, 1.82) is 0 Å². The smallest absolute Gasteiger partial charge is 0.196 e. The average Bonchev–Trinajstić information content (AvgIpc) is 2.55. The molecule has 2 nitrogen and oxygen atoms in total. The summed E-state index contributed by atoms with van der Waals surface area (Å²) in [5.74, 6) is 0.995. The van der Waals surface area contributed by atoms with Gasteiger partial charge in [-0.05, 0) is 34.8 Å². The molecule has 1 aliphatic rings. The highest BCUT2D eigenvalue weighted by Gasteiger charge is 2.14. The van der Waals surface area contributed by atoms with Gasteiger partial charge in [0.1, 0.15) is 0 Å². The molecular formula is C8H10BrNO. The van der Waals surface area contributed by atoms with E-state index < -0.39 is 0 Å². The molecule has 1 saturated heterocycles. The molecule has 1 aromatic rings. The number of furan rings is 1. The SMILES string of the molecule is Brc1ccc(N2CCCC2)o1. The van der Waals surface area contributed by atoms with Gasteiger partial charge in [-0.25, -0.2) is 0 Å². The molecule has 1 aliphatic heterocycles. The number of rotatable bonds is 1. The van der Waals surface area contributed by atoms with Crippen LogP contribution in [0.1, 0.15) is 12.8 Å². The molecule has 0 spiro atoms. The maximum atomic E-state index is 5.41. The van der Waals surface area contributed by atoms with Crippen molar-refractivity contribution in [2.24, 2.45) is 0 Å². The Morgan fingerprint density at radius 1 is 1.27 bits per heavy atom. The van der Waals surface area contributed by atoms with Crippen molar-refractivity contribution in [2.45, 2.75) is 12.8 Å². The largest absolute Gasteiger partial charge is 0.434 e. The zero-order valence-corrected chi connectivity index (χ0v) is 7.80. The highest BCUT2D eigenvalue weighted by molar-refractivity contribution is 9.10. The first-order chi connectivity index (χ1) is 5.36.